The lowest BCUT2D eigenvalue weighted by atomic mass is 9.87. The zero-order valence-electron chi connectivity index (χ0n) is 11.4. The second kappa shape index (κ2) is 6.45. The molecule has 3 N–H and O–H groups in total. The van der Waals surface area contributed by atoms with Crippen LogP contribution in [0.2, 0.25) is 0 Å². The van der Waals surface area contributed by atoms with Crippen LogP contribution in [0, 0.1) is 5.92 Å². The van der Waals surface area contributed by atoms with Gasteiger partial charge in [-0.05, 0) is 43.0 Å². The molecule has 1 saturated carbocycles. The van der Waals surface area contributed by atoms with E-state index in [4.69, 9.17) is 10.5 Å². The van der Waals surface area contributed by atoms with Gasteiger partial charge in [-0.15, -0.1) is 0 Å². The molecule has 0 unspecified atom stereocenters. The molecule has 0 heterocycles. The first-order chi connectivity index (χ1) is 9.13. The fourth-order valence-corrected chi connectivity index (χ4v) is 2.55. The van der Waals surface area contributed by atoms with Gasteiger partial charge < -0.3 is 15.8 Å². The van der Waals surface area contributed by atoms with Crippen LogP contribution in [0.5, 0.6) is 5.75 Å². The standard InChI is InChI=1S/C15H22N2O2/c1-11-3-2-4-13(9-11)17-15(18)10-19-14-7-5-12(16)6-8-14/h5-8,11,13H,2-4,9-10,16H2,1H3,(H,17,18)/t11-,13-/m0/s1. The van der Waals surface area contributed by atoms with Gasteiger partial charge in [0.25, 0.3) is 5.91 Å². The van der Waals surface area contributed by atoms with E-state index in [-0.39, 0.29) is 12.5 Å². The summed E-state index contributed by atoms with van der Waals surface area (Å²) in [5.74, 6) is 1.33. The highest BCUT2D eigenvalue weighted by atomic mass is 16.5. The maximum atomic E-state index is 11.8. The Labute approximate surface area is 114 Å². The third-order valence-corrected chi connectivity index (χ3v) is 3.55. The Kier molecular flexibility index (Phi) is 4.66. The molecule has 4 nitrogen and oxygen atoms in total. The molecule has 104 valence electrons. The molecule has 2 rings (SSSR count). The molecule has 0 radical (unpaired) electrons. The topological polar surface area (TPSA) is 64.3 Å². The van der Waals surface area contributed by atoms with Gasteiger partial charge in [0.05, 0.1) is 0 Å². The summed E-state index contributed by atoms with van der Waals surface area (Å²) >= 11 is 0. The number of nitrogen functional groups attached to an aromatic ring is 1. The van der Waals surface area contributed by atoms with E-state index in [1.54, 1.807) is 24.3 Å². The fraction of sp³-hybridized carbons (Fsp3) is 0.533. The molecule has 1 aliphatic carbocycles. The first-order valence-corrected chi connectivity index (χ1v) is 6.91. The quantitative estimate of drug-likeness (QED) is 0.819. The summed E-state index contributed by atoms with van der Waals surface area (Å²) in [6.07, 6.45) is 4.63. The zero-order chi connectivity index (χ0) is 13.7. The van der Waals surface area contributed by atoms with Crippen molar-refractivity contribution in [3.05, 3.63) is 24.3 Å². The summed E-state index contributed by atoms with van der Waals surface area (Å²) in [5.41, 5.74) is 6.27. The van der Waals surface area contributed by atoms with E-state index in [0.717, 1.165) is 12.8 Å². The number of hydrogen-bond acceptors (Lipinski definition) is 3. The molecule has 1 aromatic carbocycles. The predicted octanol–water partition coefficient (Wildman–Crippen LogP) is 2.34. The minimum absolute atomic E-state index is 0.0454. The van der Waals surface area contributed by atoms with Gasteiger partial charge in [0.1, 0.15) is 5.75 Å². The van der Waals surface area contributed by atoms with Crippen molar-refractivity contribution in [3.63, 3.8) is 0 Å². The van der Waals surface area contributed by atoms with Crippen LogP contribution < -0.4 is 15.8 Å². The number of anilines is 1. The van der Waals surface area contributed by atoms with Crippen LogP contribution in [0.1, 0.15) is 32.6 Å². The molecule has 0 saturated heterocycles. The molecular weight excluding hydrogens is 240 g/mol. The first-order valence-electron chi connectivity index (χ1n) is 6.91. The average Bonchev–Trinajstić information content (AvgIpc) is 2.38. The van der Waals surface area contributed by atoms with E-state index in [9.17, 15) is 4.79 Å². The number of carbonyl (C=O) groups is 1. The highest BCUT2D eigenvalue weighted by molar-refractivity contribution is 5.77. The first kappa shape index (κ1) is 13.7. The van der Waals surface area contributed by atoms with E-state index in [1.165, 1.54) is 12.8 Å². The SMILES string of the molecule is C[C@H]1CCC[C@H](NC(=O)COc2ccc(N)cc2)C1. The Balaban J connectivity index is 1.73. The van der Waals surface area contributed by atoms with Crippen LogP contribution in [0.15, 0.2) is 24.3 Å². The largest absolute Gasteiger partial charge is 0.484 e. The smallest absolute Gasteiger partial charge is 0.258 e. The third kappa shape index (κ3) is 4.47. The van der Waals surface area contributed by atoms with Crippen molar-refractivity contribution in [3.8, 4) is 5.75 Å². The summed E-state index contributed by atoms with van der Waals surface area (Å²) in [6.45, 7) is 2.30. The molecule has 1 aliphatic rings. The number of carbonyl (C=O) groups excluding carboxylic acids is 1. The maximum absolute atomic E-state index is 11.8. The van der Waals surface area contributed by atoms with Crippen molar-refractivity contribution in [2.75, 3.05) is 12.3 Å². The number of nitrogens with one attached hydrogen (secondary N) is 1. The van der Waals surface area contributed by atoms with Crippen molar-refractivity contribution in [1.29, 1.82) is 0 Å². The van der Waals surface area contributed by atoms with E-state index < -0.39 is 0 Å². The number of amides is 1. The molecule has 2 atom stereocenters. The van der Waals surface area contributed by atoms with Crippen LogP contribution >= 0.6 is 0 Å². The highest BCUT2D eigenvalue weighted by Gasteiger charge is 2.20. The lowest BCUT2D eigenvalue weighted by Crippen LogP contribution is -2.40. The van der Waals surface area contributed by atoms with Crippen molar-refractivity contribution in [1.82, 2.24) is 5.32 Å². The number of hydrogen-bond donors (Lipinski definition) is 2. The second-order valence-corrected chi connectivity index (χ2v) is 5.39. The van der Waals surface area contributed by atoms with Crippen molar-refractivity contribution < 1.29 is 9.53 Å². The number of ether oxygens (including phenoxy) is 1. The molecule has 1 amide bonds. The Morgan fingerprint density at radius 2 is 2.11 bits per heavy atom. The Hall–Kier alpha value is -1.71. The van der Waals surface area contributed by atoms with E-state index in [0.29, 0.717) is 23.4 Å². The molecule has 0 aliphatic heterocycles. The molecule has 0 aromatic heterocycles. The van der Waals surface area contributed by atoms with Crippen LogP contribution in [0.3, 0.4) is 0 Å². The van der Waals surface area contributed by atoms with Gasteiger partial charge in [0.15, 0.2) is 6.61 Å². The Morgan fingerprint density at radius 3 is 2.79 bits per heavy atom. The number of nitrogens with two attached hydrogens (primary N) is 1. The summed E-state index contributed by atoms with van der Waals surface area (Å²) in [7, 11) is 0. The normalized spacial score (nSPS) is 22.8. The van der Waals surface area contributed by atoms with Gasteiger partial charge in [-0.25, -0.2) is 0 Å². The lowest BCUT2D eigenvalue weighted by Gasteiger charge is -2.27. The number of benzene rings is 1. The average molecular weight is 262 g/mol. The van der Waals surface area contributed by atoms with Crippen LogP contribution in [-0.4, -0.2) is 18.6 Å². The van der Waals surface area contributed by atoms with Crippen molar-refractivity contribution >= 4 is 11.6 Å². The van der Waals surface area contributed by atoms with Crippen molar-refractivity contribution in [2.24, 2.45) is 5.92 Å². The highest BCUT2D eigenvalue weighted by Crippen LogP contribution is 2.23. The zero-order valence-corrected chi connectivity index (χ0v) is 11.4. The molecule has 0 bridgehead atoms. The number of rotatable bonds is 4. The van der Waals surface area contributed by atoms with E-state index in [2.05, 4.69) is 12.2 Å². The van der Waals surface area contributed by atoms with Gasteiger partial charge in [-0.1, -0.05) is 19.8 Å². The predicted molar refractivity (Wildman–Crippen MR) is 75.9 cm³/mol. The van der Waals surface area contributed by atoms with Gasteiger partial charge >= 0.3 is 0 Å². The Morgan fingerprint density at radius 1 is 1.37 bits per heavy atom. The van der Waals surface area contributed by atoms with Gasteiger partial charge in [0, 0.05) is 11.7 Å². The molecule has 1 fully saturated rings. The van der Waals surface area contributed by atoms with E-state index >= 15 is 0 Å². The summed E-state index contributed by atoms with van der Waals surface area (Å²) in [6, 6.07) is 7.37. The molecule has 4 heteroatoms. The molecular formula is C15H22N2O2. The van der Waals surface area contributed by atoms with Crippen LogP contribution in [0.25, 0.3) is 0 Å². The molecule has 0 spiro atoms. The van der Waals surface area contributed by atoms with Crippen molar-refractivity contribution in [2.45, 2.75) is 38.6 Å². The third-order valence-electron chi connectivity index (χ3n) is 3.55. The van der Waals surface area contributed by atoms with Crippen LogP contribution in [0.4, 0.5) is 5.69 Å². The minimum Gasteiger partial charge on any atom is -0.484 e. The fourth-order valence-electron chi connectivity index (χ4n) is 2.55. The molecule has 19 heavy (non-hydrogen) atoms. The Bertz CT molecular complexity index is 417. The summed E-state index contributed by atoms with van der Waals surface area (Å²) in [5, 5.41) is 3.04. The monoisotopic (exact) mass is 262 g/mol. The summed E-state index contributed by atoms with van der Waals surface area (Å²) in [4.78, 5) is 11.8. The summed E-state index contributed by atoms with van der Waals surface area (Å²) < 4.78 is 5.42. The van der Waals surface area contributed by atoms with Gasteiger partial charge in [-0.2, -0.15) is 0 Å². The van der Waals surface area contributed by atoms with Gasteiger partial charge in [0.2, 0.25) is 0 Å². The van der Waals surface area contributed by atoms with Crippen LogP contribution in [-0.2, 0) is 4.79 Å². The minimum atomic E-state index is -0.0454. The lowest BCUT2D eigenvalue weighted by molar-refractivity contribution is -0.124. The second-order valence-electron chi connectivity index (χ2n) is 5.39. The van der Waals surface area contributed by atoms with Gasteiger partial charge in [-0.3, -0.25) is 4.79 Å². The molecule has 1 aromatic rings. The maximum Gasteiger partial charge on any atom is 0.258 e. The van der Waals surface area contributed by atoms with E-state index in [1.807, 2.05) is 0 Å².